The minimum atomic E-state index is -0.439. The summed E-state index contributed by atoms with van der Waals surface area (Å²) < 4.78 is 5.42. The van der Waals surface area contributed by atoms with E-state index in [4.69, 9.17) is 14.3 Å². The van der Waals surface area contributed by atoms with E-state index >= 15 is 0 Å². The smallest absolute Gasteiger partial charge is 0.339 e. The average Bonchev–Trinajstić information content (AvgIpc) is 3.77. The second-order valence-corrected chi connectivity index (χ2v) is 11.7. The Hall–Kier alpha value is -3.18. The molecule has 10 heteroatoms. The van der Waals surface area contributed by atoms with Crippen LogP contribution in [0.25, 0.3) is 11.4 Å². The maximum Gasteiger partial charge on any atom is 0.355 e. The van der Waals surface area contributed by atoms with Gasteiger partial charge in [-0.3, -0.25) is 9.68 Å². The molecule has 1 saturated carbocycles. The highest BCUT2D eigenvalue weighted by atomic mass is 32.1. The molecule has 1 fully saturated rings. The second-order valence-electron chi connectivity index (χ2n) is 9.73. The van der Waals surface area contributed by atoms with Crippen LogP contribution in [-0.2, 0) is 21.0 Å². The first-order valence-corrected chi connectivity index (χ1v) is 14.9. The first kappa shape index (κ1) is 27.4. The van der Waals surface area contributed by atoms with Crippen molar-refractivity contribution in [3.05, 3.63) is 80.5 Å². The van der Waals surface area contributed by atoms with Gasteiger partial charge in [-0.1, -0.05) is 41.6 Å². The SMILES string of the molecule is CN(CCCc1nc(-c2ccc(C=O)cc2)no1)C1CCC(OOC(=O)C(c2cccs2)c2cccs2)CC1. The van der Waals surface area contributed by atoms with Crippen LogP contribution in [0.5, 0.6) is 0 Å². The molecule has 39 heavy (non-hydrogen) atoms. The quantitative estimate of drug-likeness (QED) is 0.115. The third kappa shape index (κ3) is 7.07. The monoisotopic (exact) mass is 565 g/mol. The van der Waals surface area contributed by atoms with Crippen LogP contribution in [0.15, 0.2) is 63.8 Å². The average molecular weight is 566 g/mol. The standard InChI is InChI=1S/C29H31N3O5S2/c1-32(16-2-7-26-30-28(31-35-26)21-10-8-20(19-33)9-11-21)22-12-14-23(15-13-22)36-37-29(34)27(24-5-3-17-38-24)25-6-4-18-39-25/h3-6,8-11,17-19,22-23,27H,2,7,12-16H2,1H3. The van der Waals surface area contributed by atoms with Gasteiger partial charge in [0.15, 0.2) is 0 Å². The molecule has 1 aromatic carbocycles. The molecule has 0 radical (unpaired) electrons. The summed E-state index contributed by atoms with van der Waals surface area (Å²) in [5, 5.41) is 8.01. The number of thiophene rings is 2. The number of hydrogen-bond acceptors (Lipinski definition) is 10. The maximum atomic E-state index is 12.9. The highest BCUT2D eigenvalue weighted by molar-refractivity contribution is 7.11. The molecule has 0 unspecified atom stereocenters. The highest BCUT2D eigenvalue weighted by Gasteiger charge is 2.30. The third-order valence-corrected chi connectivity index (χ3v) is 8.97. The van der Waals surface area contributed by atoms with E-state index < -0.39 is 5.92 Å². The number of aryl methyl sites for hydroxylation is 1. The molecule has 0 amide bonds. The Morgan fingerprint density at radius 3 is 2.38 bits per heavy atom. The molecule has 204 valence electrons. The van der Waals surface area contributed by atoms with E-state index in [1.165, 1.54) is 0 Å². The number of nitrogens with zero attached hydrogens (tertiary/aromatic N) is 3. The molecule has 3 heterocycles. The molecule has 0 atom stereocenters. The Morgan fingerprint density at radius 1 is 1.08 bits per heavy atom. The fraction of sp³-hybridized carbons (Fsp3) is 0.379. The molecule has 5 rings (SSSR count). The van der Waals surface area contributed by atoms with E-state index in [1.54, 1.807) is 34.8 Å². The normalized spacial score (nSPS) is 17.5. The van der Waals surface area contributed by atoms with Crippen LogP contribution in [0.3, 0.4) is 0 Å². The highest BCUT2D eigenvalue weighted by Crippen LogP contribution is 2.33. The molecule has 0 bridgehead atoms. The molecule has 1 aliphatic rings. The van der Waals surface area contributed by atoms with Crippen molar-refractivity contribution < 1.29 is 23.9 Å². The summed E-state index contributed by atoms with van der Waals surface area (Å²) in [5.41, 5.74) is 1.44. The van der Waals surface area contributed by atoms with Gasteiger partial charge in [0.05, 0.1) is 0 Å². The molecular formula is C29H31N3O5S2. The summed E-state index contributed by atoms with van der Waals surface area (Å²) in [6.07, 6.45) is 6.01. The number of aromatic nitrogens is 2. The van der Waals surface area contributed by atoms with Gasteiger partial charge in [0.2, 0.25) is 11.7 Å². The number of carbonyl (C=O) groups is 2. The molecule has 4 aromatic rings. The molecule has 0 spiro atoms. The minimum absolute atomic E-state index is 0.0802. The van der Waals surface area contributed by atoms with Gasteiger partial charge in [-0.2, -0.15) is 9.87 Å². The van der Waals surface area contributed by atoms with Crippen LogP contribution in [-0.4, -0.2) is 53.0 Å². The fourth-order valence-electron chi connectivity index (χ4n) is 4.88. The van der Waals surface area contributed by atoms with Crippen LogP contribution in [0.4, 0.5) is 0 Å². The zero-order valence-corrected chi connectivity index (χ0v) is 23.4. The predicted molar refractivity (Wildman–Crippen MR) is 150 cm³/mol. The summed E-state index contributed by atoms with van der Waals surface area (Å²) in [5.74, 6) is 0.346. The minimum Gasteiger partial charge on any atom is -0.339 e. The lowest BCUT2D eigenvalue weighted by molar-refractivity contribution is -0.303. The van der Waals surface area contributed by atoms with E-state index in [-0.39, 0.29) is 12.1 Å². The van der Waals surface area contributed by atoms with Gasteiger partial charge in [-0.25, -0.2) is 4.79 Å². The van der Waals surface area contributed by atoms with Crippen molar-refractivity contribution in [1.29, 1.82) is 0 Å². The van der Waals surface area contributed by atoms with Crippen LogP contribution in [0, 0.1) is 0 Å². The van der Waals surface area contributed by atoms with Crippen molar-refractivity contribution >= 4 is 34.9 Å². The van der Waals surface area contributed by atoms with Gasteiger partial charge in [0, 0.05) is 33.3 Å². The first-order chi connectivity index (χ1) is 19.1. The number of aldehydes is 1. The van der Waals surface area contributed by atoms with E-state index in [0.717, 1.165) is 60.3 Å². The Bertz CT molecular complexity index is 1280. The van der Waals surface area contributed by atoms with Gasteiger partial charge >= 0.3 is 5.97 Å². The molecule has 8 nitrogen and oxygen atoms in total. The lowest BCUT2D eigenvalue weighted by Crippen LogP contribution is -2.38. The van der Waals surface area contributed by atoms with Crippen molar-refractivity contribution in [2.24, 2.45) is 0 Å². The zero-order chi connectivity index (χ0) is 27.0. The van der Waals surface area contributed by atoms with Gasteiger partial charge in [-0.05, 0) is 68.6 Å². The van der Waals surface area contributed by atoms with Crippen molar-refractivity contribution in [2.75, 3.05) is 13.6 Å². The van der Waals surface area contributed by atoms with Crippen LogP contribution in [0.2, 0.25) is 0 Å². The van der Waals surface area contributed by atoms with Crippen LogP contribution < -0.4 is 0 Å². The fourth-order valence-corrected chi connectivity index (χ4v) is 6.61. The Kier molecular flexibility index (Phi) is 9.31. The van der Waals surface area contributed by atoms with E-state index in [9.17, 15) is 9.59 Å². The van der Waals surface area contributed by atoms with Crippen molar-refractivity contribution in [2.45, 2.75) is 56.6 Å². The Morgan fingerprint density at radius 2 is 1.77 bits per heavy atom. The summed E-state index contributed by atoms with van der Waals surface area (Å²) >= 11 is 3.10. The maximum absolute atomic E-state index is 12.9. The Balaban J connectivity index is 1.03. The molecular weight excluding hydrogens is 534 g/mol. The van der Waals surface area contributed by atoms with Crippen LogP contribution in [0.1, 0.15) is 64.0 Å². The molecule has 0 N–H and O–H groups in total. The van der Waals surface area contributed by atoms with Crippen molar-refractivity contribution in [3.63, 3.8) is 0 Å². The van der Waals surface area contributed by atoms with E-state index in [1.807, 2.05) is 47.2 Å². The van der Waals surface area contributed by atoms with Crippen molar-refractivity contribution in [3.8, 4) is 11.4 Å². The van der Waals surface area contributed by atoms with E-state index in [0.29, 0.717) is 29.7 Å². The molecule has 1 aliphatic carbocycles. The van der Waals surface area contributed by atoms with Crippen molar-refractivity contribution in [1.82, 2.24) is 15.0 Å². The largest absolute Gasteiger partial charge is 0.355 e. The predicted octanol–water partition coefficient (Wildman–Crippen LogP) is 6.15. The summed E-state index contributed by atoms with van der Waals surface area (Å²) in [6.45, 7) is 0.917. The van der Waals surface area contributed by atoms with Gasteiger partial charge in [0.25, 0.3) is 0 Å². The number of hydrogen-bond donors (Lipinski definition) is 0. The third-order valence-electron chi connectivity index (χ3n) is 7.10. The molecule has 3 aromatic heterocycles. The summed E-state index contributed by atoms with van der Waals surface area (Å²) in [7, 11) is 2.15. The lowest BCUT2D eigenvalue weighted by Gasteiger charge is -2.33. The Labute approximate surface area is 235 Å². The lowest BCUT2D eigenvalue weighted by atomic mass is 9.92. The van der Waals surface area contributed by atoms with Gasteiger partial charge in [-0.15, -0.1) is 22.7 Å². The number of rotatable bonds is 12. The molecule has 0 saturated heterocycles. The summed E-state index contributed by atoms with van der Waals surface area (Å²) in [6, 6.07) is 15.4. The number of benzene rings is 1. The summed E-state index contributed by atoms with van der Waals surface area (Å²) in [4.78, 5) is 43.6. The van der Waals surface area contributed by atoms with Gasteiger partial charge < -0.3 is 9.42 Å². The molecule has 0 aliphatic heterocycles. The number of carbonyl (C=O) groups excluding carboxylic acids is 2. The second kappa shape index (κ2) is 13.3. The first-order valence-electron chi connectivity index (χ1n) is 13.1. The van der Waals surface area contributed by atoms with Gasteiger partial charge in [0.1, 0.15) is 18.3 Å². The van der Waals surface area contributed by atoms with Crippen LogP contribution >= 0.6 is 22.7 Å². The zero-order valence-electron chi connectivity index (χ0n) is 21.7. The van der Waals surface area contributed by atoms with E-state index in [2.05, 4.69) is 22.1 Å². The topological polar surface area (TPSA) is 94.8 Å².